The van der Waals surface area contributed by atoms with E-state index in [-0.39, 0.29) is 34.5 Å². The smallest absolute Gasteiger partial charge is 0.404 e. The zero-order chi connectivity index (χ0) is 22.0. The molecule has 2 aromatic heterocycles. The van der Waals surface area contributed by atoms with Gasteiger partial charge in [0.15, 0.2) is 11.6 Å². The third-order valence-electron chi connectivity index (χ3n) is 4.85. The second-order valence-electron chi connectivity index (χ2n) is 7.24. The van der Waals surface area contributed by atoms with E-state index < -0.39 is 35.7 Å². The molecule has 6 N–H and O–H groups in total. The van der Waals surface area contributed by atoms with Gasteiger partial charge in [0, 0.05) is 12.1 Å². The Labute approximate surface area is 171 Å². The first kappa shape index (κ1) is 21.2. The number of aromatic nitrogens is 2. The second kappa shape index (κ2) is 8.47. The molecule has 0 unspecified atom stereocenters. The molecule has 0 spiro atoms. The number of hydrogen-bond acceptors (Lipinski definition) is 6. The lowest BCUT2D eigenvalue weighted by Crippen LogP contribution is -2.45. The molecule has 9 nitrogen and oxygen atoms in total. The molecule has 1 aliphatic carbocycles. The van der Waals surface area contributed by atoms with E-state index in [2.05, 4.69) is 25.9 Å². The Kier molecular flexibility index (Phi) is 5.99. The molecule has 2 aromatic rings. The maximum Gasteiger partial charge on any atom is 0.404 e. The summed E-state index contributed by atoms with van der Waals surface area (Å²) in [7, 11) is 0. The van der Waals surface area contributed by atoms with Crippen molar-refractivity contribution in [1.29, 1.82) is 0 Å². The highest BCUT2D eigenvalue weighted by atomic mass is 19.1. The molecule has 1 saturated carbocycles. The van der Waals surface area contributed by atoms with Crippen molar-refractivity contribution in [2.75, 3.05) is 10.6 Å². The number of carbonyl (C=O) groups excluding carboxylic acids is 1. The maximum atomic E-state index is 14.6. The number of pyridine rings is 2. The van der Waals surface area contributed by atoms with Crippen molar-refractivity contribution in [3.8, 4) is 0 Å². The Morgan fingerprint density at radius 3 is 2.50 bits per heavy atom. The van der Waals surface area contributed by atoms with Gasteiger partial charge in [-0.15, -0.1) is 0 Å². The molecule has 2 amide bonds. The van der Waals surface area contributed by atoms with Gasteiger partial charge < -0.3 is 26.8 Å². The van der Waals surface area contributed by atoms with E-state index in [4.69, 9.17) is 10.8 Å². The highest BCUT2D eigenvalue weighted by Crippen LogP contribution is 2.36. The van der Waals surface area contributed by atoms with Crippen LogP contribution in [0.4, 0.5) is 30.9 Å². The first-order valence-corrected chi connectivity index (χ1v) is 9.31. The van der Waals surface area contributed by atoms with Crippen molar-refractivity contribution in [3.05, 3.63) is 41.2 Å². The zero-order valence-electron chi connectivity index (χ0n) is 16.4. The number of halogens is 2. The number of rotatable bonds is 8. The molecule has 160 valence electrons. The van der Waals surface area contributed by atoms with Gasteiger partial charge in [-0.2, -0.15) is 0 Å². The number of nitrogens with zero attached hydrogens (tertiary/aromatic N) is 2. The van der Waals surface area contributed by atoms with Crippen molar-refractivity contribution in [2.24, 2.45) is 11.7 Å². The highest BCUT2D eigenvalue weighted by Gasteiger charge is 2.36. The molecule has 0 aromatic carbocycles. The molecule has 30 heavy (non-hydrogen) atoms. The normalized spacial score (nSPS) is 15.2. The number of hydrogen-bond donors (Lipinski definition) is 5. The van der Waals surface area contributed by atoms with Crippen molar-refractivity contribution < 1.29 is 23.5 Å². The maximum absolute atomic E-state index is 14.6. The van der Waals surface area contributed by atoms with Gasteiger partial charge >= 0.3 is 6.09 Å². The van der Waals surface area contributed by atoms with Crippen LogP contribution in [0.25, 0.3) is 0 Å². The Morgan fingerprint density at radius 1 is 1.23 bits per heavy atom. The van der Waals surface area contributed by atoms with Crippen LogP contribution < -0.4 is 21.7 Å². The van der Waals surface area contributed by atoms with E-state index >= 15 is 0 Å². The van der Waals surface area contributed by atoms with Gasteiger partial charge in [0.2, 0.25) is 0 Å². The van der Waals surface area contributed by atoms with Crippen LogP contribution in [-0.4, -0.2) is 39.2 Å². The van der Waals surface area contributed by atoms with Crippen molar-refractivity contribution in [2.45, 2.75) is 38.8 Å². The average molecular weight is 420 g/mol. The molecule has 1 fully saturated rings. The molecule has 2 atom stereocenters. The topological polar surface area (TPSA) is 142 Å². The summed E-state index contributed by atoms with van der Waals surface area (Å²) < 4.78 is 28.5. The number of carbonyl (C=O) groups is 2. The molecular weight excluding hydrogens is 398 g/mol. The minimum atomic E-state index is -1.19. The number of carboxylic acid groups (broad SMARTS) is 1. The minimum absolute atomic E-state index is 0.0788. The molecule has 11 heteroatoms. The van der Waals surface area contributed by atoms with Gasteiger partial charge in [0.25, 0.3) is 5.91 Å². The summed E-state index contributed by atoms with van der Waals surface area (Å²) in [6.07, 6.45) is 1.88. The van der Waals surface area contributed by atoms with E-state index in [9.17, 15) is 18.4 Å². The van der Waals surface area contributed by atoms with Gasteiger partial charge in [-0.1, -0.05) is 0 Å². The molecule has 0 aliphatic heterocycles. The summed E-state index contributed by atoms with van der Waals surface area (Å²) in [6.45, 7) is 3.16. The van der Waals surface area contributed by atoms with Crippen LogP contribution in [0.3, 0.4) is 0 Å². The summed E-state index contributed by atoms with van der Waals surface area (Å²) in [4.78, 5) is 30.7. The van der Waals surface area contributed by atoms with Crippen LogP contribution in [0.15, 0.2) is 18.3 Å². The number of aryl methyl sites for hydroxylation is 1. The molecule has 3 rings (SSSR count). The average Bonchev–Trinajstić information content (AvgIpc) is 3.48. The number of primary amides is 1. The van der Waals surface area contributed by atoms with Crippen molar-refractivity contribution in [3.63, 3.8) is 0 Å². The van der Waals surface area contributed by atoms with Gasteiger partial charge in [0.1, 0.15) is 11.6 Å². The van der Waals surface area contributed by atoms with E-state index in [0.717, 1.165) is 25.0 Å². The SMILES string of the molecule is Cc1ncc(Nc2nc(N[C@@H](C3CC3)[C@H](C)NC(=O)O)c(F)cc2C(N)=O)cc1F. The zero-order valence-corrected chi connectivity index (χ0v) is 16.4. The van der Waals surface area contributed by atoms with E-state index in [1.54, 1.807) is 6.92 Å². The lowest BCUT2D eigenvalue weighted by Gasteiger charge is -2.26. The molecule has 0 bridgehead atoms. The first-order valence-electron chi connectivity index (χ1n) is 9.31. The van der Waals surface area contributed by atoms with Crippen LogP contribution in [0.2, 0.25) is 0 Å². The predicted molar refractivity (Wildman–Crippen MR) is 106 cm³/mol. The summed E-state index contributed by atoms with van der Waals surface area (Å²) in [6, 6.07) is 1.17. The quantitative estimate of drug-likeness (QED) is 0.442. The standard InChI is InChI=1S/C19H22F2N6O3/c1-8-13(20)5-11(7-23-8)25-17-12(16(22)28)6-14(21)18(27-17)26-15(10-3-4-10)9(2)24-19(29)30/h5-7,9-10,15,24H,3-4H2,1-2H3,(H2,22,28)(H,29,30)(H2,25,26,27)/t9-,15+/m0/s1. The number of nitrogens with two attached hydrogens (primary N) is 1. The van der Waals surface area contributed by atoms with Crippen LogP contribution in [0, 0.1) is 24.5 Å². The van der Waals surface area contributed by atoms with Crippen molar-refractivity contribution >= 4 is 29.3 Å². The minimum Gasteiger partial charge on any atom is -0.465 e. The predicted octanol–water partition coefficient (Wildman–Crippen LogP) is 2.75. The molecule has 1 aliphatic rings. The molecule has 0 radical (unpaired) electrons. The fraction of sp³-hybridized carbons (Fsp3) is 0.368. The number of amides is 2. The van der Waals surface area contributed by atoms with E-state index in [1.807, 2.05) is 0 Å². The molecular formula is C19H22F2N6O3. The van der Waals surface area contributed by atoms with Gasteiger partial charge in [-0.3, -0.25) is 9.78 Å². The summed E-state index contributed by atoms with van der Waals surface area (Å²) >= 11 is 0. The summed E-state index contributed by atoms with van der Waals surface area (Å²) in [5.41, 5.74) is 5.50. The summed E-state index contributed by atoms with van der Waals surface area (Å²) in [5.74, 6) is -2.42. The van der Waals surface area contributed by atoms with Gasteiger partial charge in [-0.25, -0.2) is 18.6 Å². The van der Waals surface area contributed by atoms with Crippen LogP contribution >= 0.6 is 0 Å². The van der Waals surface area contributed by atoms with Gasteiger partial charge in [-0.05, 0) is 38.7 Å². The highest BCUT2D eigenvalue weighted by molar-refractivity contribution is 5.98. The van der Waals surface area contributed by atoms with Gasteiger partial charge in [0.05, 0.1) is 29.2 Å². The van der Waals surface area contributed by atoms with E-state index in [1.165, 1.54) is 13.1 Å². The largest absolute Gasteiger partial charge is 0.465 e. The Balaban J connectivity index is 1.92. The Morgan fingerprint density at radius 2 is 1.93 bits per heavy atom. The van der Waals surface area contributed by atoms with Crippen LogP contribution in [0.5, 0.6) is 0 Å². The fourth-order valence-corrected chi connectivity index (χ4v) is 3.13. The second-order valence-corrected chi connectivity index (χ2v) is 7.24. The monoisotopic (exact) mass is 420 g/mol. The van der Waals surface area contributed by atoms with Crippen LogP contribution in [0.1, 0.15) is 35.8 Å². The lowest BCUT2D eigenvalue weighted by atomic mass is 10.0. The number of anilines is 3. The van der Waals surface area contributed by atoms with Crippen LogP contribution in [-0.2, 0) is 0 Å². The molecule has 2 heterocycles. The fourth-order valence-electron chi connectivity index (χ4n) is 3.13. The van der Waals surface area contributed by atoms with E-state index in [0.29, 0.717) is 0 Å². The Hall–Kier alpha value is -3.50. The Bertz CT molecular complexity index is 983. The first-order chi connectivity index (χ1) is 14.2. The van der Waals surface area contributed by atoms with Crippen molar-refractivity contribution in [1.82, 2.24) is 15.3 Å². The third kappa shape index (κ3) is 4.91. The third-order valence-corrected chi connectivity index (χ3v) is 4.85. The summed E-state index contributed by atoms with van der Waals surface area (Å²) in [5, 5.41) is 17.0. The lowest BCUT2D eigenvalue weighted by molar-refractivity contribution is 0.100. The molecule has 0 saturated heterocycles. The number of nitrogens with one attached hydrogen (secondary N) is 3.